The SMILES string of the molecule is CN(c1cc(O)ccc1O)S(C)(=O)=O. The van der Waals surface area contributed by atoms with Gasteiger partial charge < -0.3 is 10.2 Å². The fourth-order valence-electron chi connectivity index (χ4n) is 0.943. The molecule has 1 aromatic carbocycles. The van der Waals surface area contributed by atoms with Crippen LogP contribution in [0, 0.1) is 0 Å². The van der Waals surface area contributed by atoms with E-state index in [1.54, 1.807) is 0 Å². The molecule has 0 bridgehead atoms. The Hall–Kier alpha value is -1.43. The van der Waals surface area contributed by atoms with Crippen LogP contribution < -0.4 is 4.31 Å². The molecule has 0 heterocycles. The lowest BCUT2D eigenvalue weighted by Crippen LogP contribution is -2.24. The number of aromatic hydroxyl groups is 2. The van der Waals surface area contributed by atoms with Crippen molar-refractivity contribution >= 4 is 15.7 Å². The summed E-state index contributed by atoms with van der Waals surface area (Å²) in [7, 11) is -2.14. The van der Waals surface area contributed by atoms with Gasteiger partial charge in [-0.2, -0.15) is 0 Å². The molecule has 0 aliphatic carbocycles. The highest BCUT2D eigenvalue weighted by atomic mass is 32.2. The molecule has 14 heavy (non-hydrogen) atoms. The monoisotopic (exact) mass is 217 g/mol. The molecule has 0 amide bonds. The van der Waals surface area contributed by atoms with E-state index in [0.717, 1.165) is 10.6 Å². The highest BCUT2D eigenvalue weighted by Crippen LogP contribution is 2.31. The molecule has 5 nitrogen and oxygen atoms in total. The predicted molar refractivity (Wildman–Crippen MR) is 53.0 cm³/mol. The van der Waals surface area contributed by atoms with E-state index in [1.165, 1.54) is 25.2 Å². The smallest absolute Gasteiger partial charge is 0.232 e. The van der Waals surface area contributed by atoms with Gasteiger partial charge in [-0.3, -0.25) is 4.31 Å². The molecule has 1 rings (SSSR count). The topological polar surface area (TPSA) is 77.8 Å². The van der Waals surface area contributed by atoms with Crippen molar-refractivity contribution in [3.05, 3.63) is 18.2 Å². The van der Waals surface area contributed by atoms with E-state index in [-0.39, 0.29) is 17.2 Å². The number of hydrogen-bond donors (Lipinski definition) is 2. The van der Waals surface area contributed by atoms with Crippen LogP contribution in [0.4, 0.5) is 5.69 Å². The molecule has 0 spiro atoms. The number of hydrogen-bond acceptors (Lipinski definition) is 4. The van der Waals surface area contributed by atoms with Gasteiger partial charge in [0, 0.05) is 13.1 Å². The third-order valence-electron chi connectivity index (χ3n) is 1.80. The van der Waals surface area contributed by atoms with Gasteiger partial charge in [0.05, 0.1) is 11.9 Å². The highest BCUT2D eigenvalue weighted by Gasteiger charge is 2.15. The summed E-state index contributed by atoms with van der Waals surface area (Å²) < 4.78 is 23.1. The van der Waals surface area contributed by atoms with E-state index < -0.39 is 10.0 Å². The summed E-state index contributed by atoms with van der Waals surface area (Å²) in [6.07, 6.45) is 1.01. The molecule has 0 radical (unpaired) electrons. The fraction of sp³-hybridized carbons (Fsp3) is 0.250. The summed E-state index contributed by atoms with van der Waals surface area (Å²) in [5.41, 5.74) is 0.0486. The maximum Gasteiger partial charge on any atom is 0.232 e. The highest BCUT2D eigenvalue weighted by molar-refractivity contribution is 7.92. The van der Waals surface area contributed by atoms with Crippen molar-refractivity contribution in [1.82, 2.24) is 0 Å². The summed E-state index contributed by atoms with van der Waals surface area (Å²) >= 11 is 0. The Balaban J connectivity index is 3.26. The first-order valence-corrected chi connectivity index (χ1v) is 5.63. The molecule has 0 saturated carbocycles. The van der Waals surface area contributed by atoms with Crippen LogP contribution in [-0.2, 0) is 10.0 Å². The molecule has 0 aliphatic rings. The maximum atomic E-state index is 11.1. The molecule has 0 aliphatic heterocycles. The molecule has 1 aromatic rings. The fourth-order valence-corrected chi connectivity index (χ4v) is 1.45. The van der Waals surface area contributed by atoms with Crippen molar-refractivity contribution in [2.75, 3.05) is 17.6 Å². The number of phenols is 2. The Morgan fingerprint density at radius 2 is 1.86 bits per heavy atom. The summed E-state index contributed by atoms with van der Waals surface area (Å²) in [5, 5.41) is 18.5. The van der Waals surface area contributed by atoms with Crippen LogP contribution in [-0.4, -0.2) is 31.9 Å². The lowest BCUT2D eigenvalue weighted by molar-refractivity contribution is 0.461. The van der Waals surface area contributed by atoms with Crippen LogP contribution in [0.2, 0.25) is 0 Å². The normalized spacial score (nSPS) is 11.3. The first-order valence-electron chi connectivity index (χ1n) is 3.78. The number of phenolic OH excluding ortho intramolecular Hbond substituents is 2. The lowest BCUT2D eigenvalue weighted by atomic mass is 10.3. The molecule has 2 N–H and O–H groups in total. The second kappa shape index (κ2) is 3.38. The zero-order valence-electron chi connectivity index (χ0n) is 7.80. The quantitative estimate of drug-likeness (QED) is 0.707. The Labute approximate surface area is 82.3 Å². The maximum absolute atomic E-state index is 11.1. The van der Waals surface area contributed by atoms with Crippen molar-refractivity contribution < 1.29 is 18.6 Å². The van der Waals surface area contributed by atoms with E-state index in [2.05, 4.69) is 0 Å². The number of sulfonamides is 1. The Morgan fingerprint density at radius 3 is 2.36 bits per heavy atom. The van der Waals surface area contributed by atoms with Gasteiger partial charge in [-0.1, -0.05) is 0 Å². The summed E-state index contributed by atoms with van der Waals surface area (Å²) in [6.45, 7) is 0. The standard InChI is InChI=1S/C8H11NO4S/c1-9(14(2,12)13)7-5-6(10)3-4-8(7)11/h3-5,10-11H,1-2H3. The van der Waals surface area contributed by atoms with Gasteiger partial charge in [-0.25, -0.2) is 8.42 Å². The van der Waals surface area contributed by atoms with E-state index >= 15 is 0 Å². The molecular formula is C8H11NO4S. The molecule has 6 heteroatoms. The minimum atomic E-state index is -3.43. The van der Waals surface area contributed by atoms with Gasteiger partial charge in [0.2, 0.25) is 10.0 Å². The van der Waals surface area contributed by atoms with Gasteiger partial charge in [0.1, 0.15) is 11.5 Å². The zero-order valence-corrected chi connectivity index (χ0v) is 8.61. The first kappa shape index (κ1) is 10.6. The van der Waals surface area contributed by atoms with E-state index in [1.807, 2.05) is 0 Å². The molecule has 0 aromatic heterocycles. The van der Waals surface area contributed by atoms with E-state index in [4.69, 9.17) is 5.11 Å². The molecule has 78 valence electrons. The average Bonchev–Trinajstić information content (AvgIpc) is 2.06. The van der Waals surface area contributed by atoms with Gasteiger partial charge in [0.25, 0.3) is 0 Å². The van der Waals surface area contributed by atoms with Crippen molar-refractivity contribution in [2.24, 2.45) is 0 Å². The zero-order chi connectivity index (χ0) is 10.9. The van der Waals surface area contributed by atoms with Gasteiger partial charge in [-0.15, -0.1) is 0 Å². The number of nitrogens with zero attached hydrogens (tertiary/aromatic N) is 1. The molecule has 0 atom stereocenters. The van der Waals surface area contributed by atoms with Crippen molar-refractivity contribution in [2.45, 2.75) is 0 Å². The van der Waals surface area contributed by atoms with Gasteiger partial charge >= 0.3 is 0 Å². The van der Waals surface area contributed by atoms with Crippen molar-refractivity contribution in [3.8, 4) is 11.5 Å². The second-order valence-corrected chi connectivity index (χ2v) is 4.92. The first-order chi connectivity index (χ1) is 6.32. The largest absolute Gasteiger partial charge is 0.508 e. The summed E-state index contributed by atoms with van der Waals surface area (Å²) in [5.74, 6) is -0.302. The Morgan fingerprint density at radius 1 is 1.29 bits per heavy atom. The van der Waals surface area contributed by atoms with Crippen LogP contribution in [0.25, 0.3) is 0 Å². The van der Waals surface area contributed by atoms with Gasteiger partial charge in [-0.05, 0) is 12.1 Å². The Bertz CT molecular complexity index is 441. The van der Waals surface area contributed by atoms with Crippen LogP contribution in [0.15, 0.2) is 18.2 Å². The lowest BCUT2D eigenvalue weighted by Gasteiger charge is -2.17. The molecule has 0 saturated heterocycles. The number of benzene rings is 1. The van der Waals surface area contributed by atoms with E-state index in [0.29, 0.717) is 0 Å². The van der Waals surface area contributed by atoms with Crippen molar-refractivity contribution in [3.63, 3.8) is 0 Å². The minimum absolute atomic E-state index is 0.0486. The van der Waals surface area contributed by atoms with Crippen LogP contribution >= 0.6 is 0 Å². The number of rotatable bonds is 2. The number of anilines is 1. The third kappa shape index (κ3) is 2.08. The van der Waals surface area contributed by atoms with Crippen LogP contribution in [0.5, 0.6) is 11.5 Å². The van der Waals surface area contributed by atoms with Crippen LogP contribution in [0.1, 0.15) is 0 Å². The summed E-state index contributed by atoms with van der Waals surface area (Å²) in [4.78, 5) is 0. The molecular weight excluding hydrogens is 206 g/mol. The second-order valence-electron chi connectivity index (χ2n) is 2.90. The molecule has 0 fully saturated rings. The van der Waals surface area contributed by atoms with Gasteiger partial charge in [0.15, 0.2) is 0 Å². The minimum Gasteiger partial charge on any atom is -0.508 e. The third-order valence-corrected chi connectivity index (χ3v) is 2.99. The average molecular weight is 217 g/mol. The van der Waals surface area contributed by atoms with Crippen molar-refractivity contribution in [1.29, 1.82) is 0 Å². The molecule has 0 unspecified atom stereocenters. The van der Waals surface area contributed by atoms with Crippen LogP contribution in [0.3, 0.4) is 0 Å². The summed E-state index contributed by atoms with van der Waals surface area (Å²) in [6, 6.07) is 3.68. The predicted octanol–water partition coefficient (Wildman–Crippen LogP) is 0.494. The van der Waals surface area contributed by atoms with E-state index in [9.17, 15) is 13.5 Å². The Kier molecular flexibility index (Phi) is 2.57.